The largest absolute Gasteiger partial charge is 0.494 e. The lowest BCUT2D eigenvalue weighted by Gasteiger charge is -2.07. The summed E-state index contributed by atoms with van der Waals surface area (Å²) < 4.78 is 5.59. The summed E-state index contributed by atoms with van der Waals surface area (Å²) in [5, 5.41) is 8.53. The average molecular weight is 270 g/mol. The highest BCUT2D eigenvalue weighted by molar-refractivity contribution is 5.66. The molecule has 0 atom stereocenters. The topological polar surface area (TPSA) is 46.5 Å². The number of carbonyl (C=O) groups is 1. The van der Waals surface area contributed by atoms with Crippen molar-refractivity contribution in [2.45, 2.75) is 19.3 Å². The molecular formula is C17H18O3. The number of aliphatic carboxylic acids is 1. The van der Waals surface area contributed by atoms with E-state index in [1.165, 1.54) is 5.56 Å². The van der Waals surface area contributed by atoms with Crippen molar-refractivity contribution in [3.8, 4) is 16.9 Å². The van der Waals surface area contributed by atoms with Crippen molar-refractivity contribution in [1.29, 1.82) is 0 Å². The third-order valence-corrected chi connectivity index (χ3v) is 3.02. The Morgan fingerprint density at radius 3 is 2.20 bits per heavy atom. The Labute approximate surface area is 118 Å². The van der Waals surface area contributed by atoms with Crippen molar-refractivity contribution in [2.75, 3.05) is 6.61 Å². The molecule has 0 radical (unpaired) electrons. The van der Waals surface area contributed by atoms with Crippen molar-refractivity contribution in [2.24, 2.45) is 0 Å². The minimum atomic E-state index is -0.753. The van der Waals surface area contributed by atoms with Gasteiger partial charge in [-0.3, -0.25) is 4.79 Å². The second-order valence-electron chi connectivity index (χ2n) is 4.59. The van der Waals surface area contributed by atoms with E-state index in [2.05, 4.69) is 12.1 Å². The number of carboxylic acid groups (broad SMARTS) is 1. The zero-order valence-corrected chi connectivity index (χ0v) is 11.3. The normalized spacial score (nSPS) is 10.2. The lowest BCUT2D eigenvalue weighted by molar-refractivity contribution is -0.137. The zero-order chi connectivity index (χ0) is 14.2. The van der Waals surface area contributed by atoms with Crippen LogP contribution in [-0.2, 0) is 4.79 Å². The van der Waals surface area contributed by atoms with Gasteiger partial charge in [0.25, 0.3) is 0 Å². The molecule has 0 amide bonds. The van der Waals surface area contributed by atoms with Gasteiger partial charge < -0.3 is 9.84 Å². The first kappa shape index (κ1) is 14.1. The Hall–Kier alpha value is -2.29. The number of hydrogen-bond donors (Lipinski definition) is 1. The molecule has 0 bridgehead atoms. The molecule has 0 aliphatic rings. The first-order valence-corrected chi connectivity index (χ1v) is 6.76. The molecule has 0 aromatic heterocycles. The maximum Gasteiger partial charge on any atom is 0.303 e. The summed E-state index contributed by atoms with van der Waals surface area (Å²) in [6.07, 6.45) is 1.61. The molecule has 0 fully saturated rings. The highest BCUT2D eigenvalue weighted by atomic mass is 16.5. The lowest BCUT2D eigenvalue weighted by Crippen LogP contribution is -2.00. The third-order valence-electron chi connectivity index (χ3n) is 3.02. The summed E-state index contributed by atoms with van der Waals surface area (Å²) in [6.45, 7) is 0.554. The molecule has 1 N–H and O–H groups in total. The van der Waals surface area contributed by atoms with E-state index in [0.717, 1.165) is 17.7 Å². The van der Waals surface area contributed by atoms with Crippen LogP contribution in [0, 0.1) is 0 Å². The molecular weight excluding hydrogens is 252 g/mol. The van der Waals surface area contributed by atoms with E-state index < -0.39 is 5.97 Å². The smallest absolute Gasteiger partial charge is 0.303 e. The summed E-state index contributed by atoms with van der Waals surface area (Å²) in [5.74, 6) is 0.0669. The first-order valence-electron chi connectivity index (χ1n) is 6.76. The number of hydrogen-bond acceptors (Lipinski definition) is 2. The lowest BCUT2D eigenvalue weighted by atomic mass is 10.1. The second kappa shape index (κ2) is 7.34. The summed E-state index contributed by atoms with van der Waals surface area (Å²) in [5.41, 5.74) is 2.34. The van der Waals surface area contributed by atoms with E-state index in [1.54, 1.807) is 0 Å². The maximum absolute atomic E-state index is 10.4. The minimum Gasteiger partial charge on any atom is -0.494 e. The van der Waals surface area contributed by atoms with Crippen LogP contribution in [0.1, 0.15) is 19.3 Å². The van der Waals surface area contributed by atoms with Crippen LogP contribution in [0.2, 0.25) is 0 Å². The van der Waals surface area contributed by atoms with Crippen LogP contribution in [0.3, 0.4) is 0 Å². The predicted molar refractivity (Wildman–Crippen MR) is 78.9 cm³/mol. The molecule has 0 aliphatic carbocycles. The van der Waals surface area contributed by atoms with E-state index in [-0.39, 0.29) is 6.42 Å². The fourth-order valence-corrected chi connectivity index (χ4v) is 1.94. The molecule has 0 heterocycles. The van der Waals surface area contributed by atoms with Gasteiger partial charge in [-0.2, -0.15) is 0 Å². The fourth-order valence-electron chi connectivity index (χ4n) is 1.94. The zero-order valence-electron chi connectivity index (χ0n) is 11.3. The van der Waals surface area contributed by atoms with Crippen LogP contribution in [0.15, 0.2) is 54.6 Å². The van der Waals surface area contributed by atoms with Gasteiger partial charge in [-0.1, -0.05) is 42.5 Å². The van der Waals surface area contributed by atoms with E-state index in [0.29, 0.717) is 13.0 Å². The molecule has 0 saturated carbocycles. The molecule has 3 nitrogen and oxygen atoms in total. The van der Waals surface area contributed by atoms with Crippen molar-refractivity contribution in [3.63, 3.8) is 0 Å². The minimum absolute atomic E-state index is 0.205. The standard InChI is InChI=1S/C17H18O3/c18-17(19)8-4-5-13-20-16-11-9-15(10-12-16)14-6-2-1-3-7-14/h1-3,6-7,9-12H,4-5,8,13H2,(H,18,19). The molecule has 2 rings (SSSR count). The molecule has 104 valence electrons. The fraction of sp³-hybridized carbons (Fsp3) is 0.235. The third kappa shape index (κ3) is 4.43. The molecule has 0 aliphatic heterocycles. The SMILES string of the molecule is O=C(O)CCCCOc1ccc(-c2ccccc2)cc1. The van der Waals surface area contributed by atoms with Gasteiger partial charge >= 0.3 is 5.97 Å². The molecule has 3 heteroatoms. The Balaban J connectivity index is 1.82. The van der Waals surface area contributed by atoms with Crippen molar-refractivity contribution in [1.82, 2.24) is 0 Å². The van der Waals surface area contributed by atoms with Gasteiger partial charge in [0.2, 0.25) is 0 Å². The Morgan fingerprint density at radius 1 is 0.900 bits per heavy atom. The quantitative estimate of drug-likeness (QED) is 0.774. The van der Waals surface area contributed by atoms with Gasteiger partial charge in [0, 0.05) is 6.42 Å². The number of benzene rings is 2. The monoisotopic (exact) mass is 270 g/mol. The molecule has 2 aromatic carbocycles. The Kier molecular flexibility index (Phi) is 5.18. The predicted octanol–water partition coefficient (Wildman–Crippen LogP) is 3.99. The van der Waals surface area contributed by atoms with E-state index in [1.807, 2.05) is 42.5 Å². The number of unbranched alkanes of at least 4 members (excludes halogenated alkanes) is 1. The van der Waals surface area contributed by atoms with Crippen LogP contribution >= 0.6 is 0 Å². The summed E-state index contributed by atoms with van der Waals surface area (Å²) in [6, 6.07) is 18.1. The van der Waals surface area contributed by atoms with Gasteiger partial charge in [-0.25, -0.2) is 0 Å². The maximum atomic E-state index is 10.4. The first-order chi connectivity index (χ1) is 9.75. The highest BCUT2D eigenvalue weighted by Crippen LogP contribution is 2.22. The van der Waals surface area contributed by atoms with Crippen molar-refractivity contribution >= 4 is 5.97 Å². The van der Waals surface area contributed by atoms with Crippen molar-refractivity contribution < 1.29 is 14.6 Å². The molecule has 0 unspecified atom stereocenters. The van der Waals surface area contributed by atoms with Gasteiger partial charge in [-0.15, -0.1) is 0 Å². The van der Waals surface area contributed by atoms with E-state index >= 15 is 0 Å². The van der Waals surface area contributed by atoms with Gasteiger partial charge in [-0.05, 0) is 36.1 Å². The summed E-state index contributed by atoms with van der Waals surface area (Å²) in [4.78, 5) is 10.4. The molecule has 0 saturated heterocycles. The Morgan fingerprint density at radius 2 is 1.55 bits per heavy atom. The van der Waals surface area contributed by atoms with Gasteiger partial charge in [0.1, 0.15) is 5.75 Å². The Bertz CT molecular complexity index is 532. The van der Waals surface area contributed by atoms with Gasteiger partial charge in [0.15, 0.2) is 0 Å². The number of ether oxygens (including phenoxy) is 1. The number of carboxylic acids is 1. The molecule has 0 spiro atoms. The summed E-state index contributed by atoms with van der Waals surface area (Å²) >= 11 is 0. The van der Waals surface area contributed by atoms with Gasteiger partial charge in [0.05, 0.1) is 6.61 Å². The van der Waals surface area contributed by atoms with Crippen LogP contribution in [0.4, 0.5) is 0 Å². The van der Waals surface area contributed by atoms with Crippen molar-refractivity contribution in [3.05, 3.63) is 54.6 Å². The second-order valence-corrected chi connectivity index (χ2v) is 4.59. The van der Waals surface area contributed by atoms with Crippen LogP contribution in [-0.4, -0.2) is 17.7 Å². The summed E-state index contributed by atoms with van der Waals surface area (Å²) in [7, 11) is 0. The van der Waals surface area contributed by atoms with E-state index in [9.17, 15) is 4.79 Å². The van der Waals surface area contributed by atoms with Crippen LogP contribution in [0.5, 0.6) is 5.75 Å². The number of rotatable bonds is 7. The average Bonchev–Trinajstić information content (AvgIpc) is 2.48. The van der Waals surface area contributed by atoms with Crippen LogP contribution in [0.25, 0.3) is 11.1 Å². The highest BCUT2D eigenvalue weighted by Gasteiger charge is 1.99. The van der Waals surface area contributed by atoms with Crippen LogP contribution < -0.4 is 4.74 Å². The molecule has 20 heavy (non-hydrogen) atoms. The van der Waals surface area contributed by atoms with E-state index in [4.69, 9.17) is 9.84 Å². The molecule has 2 aromatic rings.